The first-order chi connectivity index (χ1) is 11.5. The average Bonchev–Trinajstić information content (AvgIpc) is 2.94. The van der Waals surface area contributed by atoms with Crippen molar-refractivity contribution in [3.05, 3.63) is 40.7 Å². The molecule has 1 aliphatic heterocycles. The molecule has 1 N–H and O–H groups in total. The highest BCUT2D eigenvalue weighted by Gasteiger charge is 2.24. The molecule has 0 saturated carbocycles. The molecule has 0 fully saturated rings. The number of anilines is 1. The largest absolute Gasteiger partial charge is 0.484 e. The maximum atomic E-state index is 12.8. The first-order valence-corrected chi connectivity index (χ1v) is 8.25. The third-order valence-electron chi connectivity index (χ3n) is 3.54. The van der Waals surface area contributed by atoms with Gasteiger partial charge in [0.1, 0.15) is 11.6 Å². The van der Waals surface area contributed by atoms with Gasteiger partial charge in [-0.3, -0.25) is 9.59 Å². The molecule has 0 bridgehead atoms. The molecular weight excluding hydrogens is 333 g/mol. The van der Waals surface area contributed by atoms with Gasteiger partial charge in [-0.2, -0.15) is 0 Å². The molecule has 0 atom stereocenters. The fourth-order valence-electron chi connectivity index (χ4n) is 2.38. The maximum Gasteiger partial charge on any atom is 0.260 e. The van der Waals surface area contributed by atoms with Crippen molar-refractivity contribution in [1.29, 1.82) is 0 Å². The fraction of sp³-hybridized carbons (Fsp3) is 0.312. The minimum absolute atomic E-state index is 0.0989. The molecule has 0 aliphatic carbocycles. The summed E-state index contributed by atoms with van der Waals surface area (Å²) in [5.74, 6) is -0.202. The summed E-state index contributed by atoms with van der Waals surface area (Å²) in [6, 6.07) is 5.54. The van der Waals surface area contributed by atoms with E-state index in [1.54, 1.807) is 4.90 Å². The molecule has 2 aromatic rings. The van der Waals surface area contributed by atoms with Crippen LogP contribution in [0.15, 0.2) is 24.3 Å². The van der Waals surface area contributed by atoms with Crippen molar-refractivity contribution in [2.45, 2.75) is 19.9 Å². The number of aromatic nitrogens is 1. The van der Waals surface area contributed by atoms with Crippen molar-refractivity contribution in [1.82, 2.24) is 9.88 Å². The number of thiazole rings is 1. The number of fused-ring (bicyclic) bond motifs is 1. The topological polar surface area (TPSA) is 71.5 Å². The number of nitrogens with zero attached hydrogens (tertiary/aromatic N) is 2. The zero-order valence-corrected chi connectivity index (χ0v) is 13.9. The predicted octanol–water partition coefficient (Wildman–Crippen LogP) is 2.20. The molecular formula is C16H16FN3O3S. The lowest BCUT2D eigenvalue weighted by Crippen LogP contribution is -2.38. The van der Waals surface area contributed by atoms with Crippen LogP contribution in [0.1, 0.15) is 17.5 Å². The monoisotopic (exact) mass is 349 g/mol. The first-order valence-electron chi connectivity index (χ1n) is 7.43. The predicted molar refractivity (Wildman–Crippen MR) is 87.4 cm³/mol. The van der Waals surface area contributed by atoms with E-state index in [1.807, 2.05) is 0 Å². The molecule has 24 heavy (non-hydrogen) atoms. The lowest BCUT2D eigenvalue weighted by molar-refractivity contribution is -0.134. The first kappa shape index (κ1) is 16.4. The highest BCUT2D eigenvalue weighted by molar-refractivity contribution is 7.15. The maximum absolute atomic E-state index is 12.8. The van der Waals surface area contributed by atoms with Gasteiger partial charge in [0.2, 0.25) is 5.91 Å². The average molecular weight is 349 g/mol. The van der Waals surface area contributed by atoms with E-state index < -0.39 is 0 Å². The lowest BCUT2D eigenvalue weighted by atomic mass is 10.2. The van der Waals surface area contributed by atoms with Gasteiger partial charge in [0.15, 0.2) is 11.7 Å². The minimum Gasteiger partial charge on any atom is -0.484 e. The van der Waals surface area contributed by atoms with E-state index in [-0.39, 0.29) is 24.2 Å². The Labute approximate surface area is 142 Å². The Morgan fingerprint density at radius 3 is 2.83 bits per heavy atom. The van der Waals surface area contributed by atoms with Crippen LogP contribution in [0.2, 0.25) is 0 Å². The molecule has 0 unspecified atom stereocenters. The third kappa shape index (κ3) is 3.88. The van der Waals surface area contributed by atoms with Crippen LogP contribution in [0.25, 0.3) is 0 Å². The Hall–Kier alpha value is -2.48. The number of nitrogens with one attached hydrogen (secondary N) is 1. The Kier molecular flexibility index (Phi) is 4.75. The van der Waals surface area contributed by atoms with E-state index in [0.717, 1.165) is 10.6 Å². The number of rotatable bonds is 4. The molecule has 0 saturated heterocycles. The normalized spacial score (nSPS) is 13.3. The fourth-order valence-corrected chi connectivity index (χ4v) is 3.45. The second-order valence-corrected chi connectivity index (χ2v) is 6.46. The van der Waals surface area contributed by atoms with Crippen LogP contribution in [-0.2, 0) is 22.6 Å². The van der Waals surface area contributed by atoms with Crippen molar-refractivity contribution >= 4 is 28.3 Å². The van der Waals surface area contributed by atoms with Crippen molar-refractivity contribution in [3.63, 3.8) is 0 Å². The number of benzene rings is 1. The van der Waals surface area contributed by atoms with Gasteiger partial charge in [-0.05, 0) is 24.3 Å². The number of hydrogen-bond donors (Lipinski definition) is 1. The van der Waals surface area contributed by atoms with E-state index in [1.165, 1.54) is 42.5 Å². The van der Waals surface area contributed by atoms with Crippen LogP contribution in [-0.4, -0.2) is 34.8 Å². The number of ether oxygens (including phenoxy) is 1. The number of carbonyl (C=O) groups is 2. The SMILES string of the molecule is CC(=O)Nc1nc2c(s1)CN(C(=O)COc1ccc(F)cc1)CC2. The highest BCUT2D eigenvalue weighted by atomic mass is 32.1. The number of hydrogen-bond acceptors (Lipinski definition) is 5. The molecule has 8 heteroatoms. The van der Waals surface area contributed by atoms with Gasteiger partial charge in [-0.25, -0.2) is 9.37 Å². The molecule has 1 aromatic carbocycles. The molecule has 1 aliphatic rings. The van der Waals surface area contributed by atoms with Crippen LogP contribution < -0.4 is 10.1 Å². The summed E-state index contributed by atoms with van der Waals surface area (Å²) in [5.41, 5.74) is 0.923. The summed E-state index contributed by atoms with van der Waals surface area (Å²) in [5, 5.41) is 3.23. The van der Waals surface area contributed by atoms with Crippen LogP contribution in [0.3, 0.4) is 0 Å². The lowest BCUT2D eigenvalue weighted by Gasteiger charge is -2.26. The van der Waals surface area contributed by atoms with Gasteiger partial charge >= 0.3 is 0 Å². The summed E-state index contributed by atoms with van der Waals surface area (Å²) in [6.45, 7) is 2.35. The van der Waals surface area contributed by atoms with E-state index in [0.29, 0.717) is 30.4 Å². The highest BCUT2D eigenvalue weighted by Crippen LogP contribution is 2.28. The second-order valence-electron chi connectivity index (χ2n) is 5.38. The van der Waals surface area contributed by atoms with Crippen molar-refractivity contribution in [3.8, 4) is 5.75 Å². The summed E-state index contributed by atoms with van der Waals surface area (Å²) in [4.78, 5) is 30.4. The third-order valence-corrected chi connectivity index (χ3v) is 4.54. The van der Waals surface area contributed by atoms with Crippen molar-refractivity contribution in [2.75, 3.05) is 18.5 Å². The summed E-state index contributed by atoms with van der Waals surface area (Å²) in [6.07, 6.45) is 0.647. The van der Waals surface area contributed by atoms with E-state index in [9.17, 15) is 14.0 Å². The van der Waals surface area contributed by atoms with E-state index in [2.05, 4.69) is 10.3 Å². The Morgan fingerprint density at radius 2 is 2.12 bits per heavy atom. The van der Waals surface area contributed by atoms with E-state index in [4.69, 9.17) is 4.74 Å². The van der Waals surface area contributed by atoms with Crippen molar-refractivity contribution in [2.24, 2.45) is 0 Å². The Morgan fingerprint density at radius 1 is 1.38 bits per heavy atom. The van der Waals surface area contributed by atoms with Crippen LogP contribution in [0.5, 0.6) is 5.75 Å². The van der Waals surface area contributed by atoms with Gasteiger partial charge < -0.3 is 15.0 Å². The molecule has 3 rings (SSSR count). The Bertz CT molecular complexity index is 760. The summed E-state index contributed by atoms with van der Waals surface area (Å²) in [7, 11) is 0. The molecule has 1 aromatic heterocycles. The second kappa shape index (κ2) is 6.96. The minimum atomic E-state index is -0.350. The summed E-state index contributed by atoms with van der Waals surface area (Å²) < 4.78 is 18.2. The van der Waals surface area contributed by atoms with Gasteiger partial charge in [0.25, 0.3) is 5.91 Å². The molecule has 0 radical (unpaired) electrons. The zero-order valence-electron chi connectivity index (χ0n) is 13.0. The molecule has 0 spiro atoms. The number of halogens is 1. The quantitative estimate of drug-likeness (QED) is 0.919. The molecule has 126 valence electrons. The molecule has 2 heterocycles. The number of amides is 2. The van der Waals surface area contributed by atoms with Gasteiger partial charge in [0.05, 0.1) is 12.2 Å². The molecule has 2 amide bonds. The summed E-state index contributed by atoms with van der Waals surface area (Å²) >= 11 is 1.38. The van der Waals surface area contributed by atoms with E-state index >= 15 is 0 Å². The van der Waals surface area contributed by atoms with Gasteiger partial charge in [-0.15, -0.1) is 0 Å². The van der Waals surface area contributed by atoms with Crippen LogP contribution in [0.4, 0.5) is 9.52 Å². The Balaban J connectivity index is 1.58. The molecule has 6 nitrogen and oxygen atoms in total. The van der Waals surface area contributed by atoms with Crippen molar-refractivity contribution < 1.29 is 18.7 Å². The number of carbonyl (C=O) groups excluding carboxylic acids is 2. The van der Waals surface area contributed by atoms with Crippen LogP contribution in [0, 0.1) is 5.82 Å². The van der Waals surface area contributed by atoms with Crippen LogP contribution >= 0.6 is 11.3 Å². The van der Waals surface area contributed by atoms with Gasteiger partial charge in [0, 0.05) is 24.8 Å². The van der Waals surface area contributed by atoms with Gasteiger partial charge in [-0.1, -0.05) is 11.3 Å². The zero-order chi connectivity index (χ0) is 17.1. The smallest absolute Gasteiger partial charge is 0.260 e. The standard InChI is InChI=1S/C16H16FN3O3S/c1-10(21)18-16-19-13-6-7-20(8-14(13)24-16)15(22)9-23-12-4-2-11(17)3-5-12/h2-5H,6-9H2,1H3,(H,18,19,21).